The molecule has 29 heavy (non-hydrogen) atoms. The summed E-state index contributed by atoms with van der Waals surface area (Å²) in [5.41, 5.74) is -3.39. The van der Waals surface area contributed by atoms with Gasteiger partial charge in [0.15, 0.2) is 0 Å². The molecule has 1 atom stereocenters. The van der Waals surface area contributed by atoms with Gasteiger partial charge in [0.2, 0.25) is 15.9 Å². The van der Waals surface area contributed by atoms with Crippen molar-refractivity contribution in [2.24, 2.45) is 11.0 Å². The predicted octanol–water partition coefficient (Wildman–Crippen LogP) is 2.60. The zero-order chi connectivity index (χ0) is 21.6. The van der Waals surface area contributed by atoms with E-state index in [-0.39, 0.29) is 41.5 Å². The quantitative estimate of drug-likeness (QED) is 0.761. The summed E-state index contributed by atoms with van der Waals surface area (Å²) in [5.74, 6) is -1.85. The Bertz CT molecular complexity index is 928. The maximum Gasteiger partial charge on any atom is 0.438 e. The standard InChI is InChI=1S/C17H19ClF3N3O4S/c1-11-10-16(26,17(19,20)21)24(22-11)15(25)12-6-8-23(9-7-12)29(27,28)14-4-2-13(18)3-5-14/h2-5,12,26H,6-10H2,1H3/t16-/m1/s1. The monoisotopic (exact) mass is 453 g/mol. The SMILES string of the molecule is CC1=NN(C(=O)C2CCN(S(=O)(=O)c3ccc(Cl)cc3)CC2)[C@](O)(C(F)(F)F)C1. The maximum atomic E-state index is 13.3. The number of carbonyl (C=O) groups excluding carboxylic acids is 1. The number of benzene rings is 1. The van der Waals surface area contributed by atoms with Gasteiger partial charge in [-0.2, -0.15) is 27.6 Å². The lowest BCUT2D eigenvalue weighted by Gasteiger charge is -2.36. The van der Waals surface area contributed by atoms with Gasteiger partial charge in [-0.25, -0.2) is 8.42 Å². The van der Waals surface area contributed by atoms with Crippen LogP contribution >= 0.6 is 11.6 Å². The highest BCUT2D eigenvalue weighted by Crippen LogP contribution is 2.41. The van der Waals surface area contributed by atoms with Crippen LogP contribution in [0, 0.1) is 5.92 Å². The number of sulfonamides is 1. The molecule has 1 N–H and O–H groups in total. The van der Waals surface area contributed by atoms with E-state index in [1.165, 1.54) is 35.5 Å². The molecule has 1 amide bonds. The third-order valence-corrected chi connectivity index (χ3v) is 7.21. The van der Waals surface area contributed by atoms with Crippen LogP contribution in [0.5, 0.6) is 0 Å². The maximum absolute atomic E-state index is 13.3. The summed E-state index contributed by atoms with van der Waals surface area (Å²) in [7, 11) is -3.81. The molecule has 1 aromatic carbocycles. The number of hydrogen-bond donors (Lipinski definition) is 1. The van der Waals surface area contributed by atoms with Crippen LogP contribution in [-0.2, 0) is 14.8 Å². The van der Waals surface area contributed by atoms with Crippen molar-refractivity contribution >= 4 is 33.2 Å². The molecular formula is C17H19ClF3N3O4S. The van der Waals surface area contributed by atoms with Gasteiger partial charge in [0.1, 0.15) is 0 Å². The number of halogens is 4. The molecule has 0 unspecified atom stereocenters. The highest BCUT2D eigenvalue weighted by molar-refractivity contribution is 7.89. The number of hydrogen-bond acceptors (Lipinski definition) is 5. The second kappa shape index (κ2) is 7.53. The van der Waals surface area contributed by atoms with Crippen LogP contribution in [-0.4, -0.2) is 59.4 Å². The van der Waals surface area contributed by atoms with Crippen molar-refractivity contribution in [2.45, 2.75) is 43.0 Å². The van der Waals surface area contributed by atoms with Gasteiger partial charge < -0.3 is 5.11 Å². The van der Waals surface area contributed by atoms with Crippen LogP contribution < -0.4 is 0 Å². The molecule has 3 rings (SSSR count). The minimum absolute atomic E-state index is 0.0130. The van der Waals surface area contributed by atoms with Gasteiger partial charge in [-0.1, -0.05) is 11.6 Å². The van der Waals surface area contributed by atoms with Gasteiger partial charge >= 0.3 is 6.18 Å². The van der Waals surface area contributed by atoms with Crippen molar-refractivity contribution in [3.8, 4) is 0 Å². The van der Waals surface area contributed by atoms with E-state index < -0.39 is 40.2 Å². The molecule has 1 saturated heterocycles. The summed E-state index contributed by atoms with van der Waals surface area (Å²) in [4.78, 5) is 12.7. The first kappa shape index (κ1) is 22.0. The predicted molar refractivity (Wildman–Crippen MR) is 98.5 cm³/mol. The minimum atomic E-state index is -5.07. The molecule has 2 aliphatic heterocycles. The minimum Gasteiger partial charge on any atom is -0.362 e. The Morgan fingerprint density at radius 3 is 2.31 bits per heavy atom. The lowest BCUT2D eigenvalue weighted by Crippen LogP contribution is -2.58. The van der Waals surface area contributed by atoms with E-state index in [0.29, 0.717) is 5.02 Å². The van der Waals surface area contributed by atoms with Gasteiger partial charge in [0.25, 0.3) is 5.72 Å². The summed E-state index contributed by atoms with van der Waals surface area (Å²) >= 11 is 5.77. The first-order valence-electron chi connectivity index (χ1n) is 8.79. The third kappa shape index (κ3) is 4.00. The molecule has 12 heteroatoms. The number of amides is 1. The Morgan fingerprint density at radius 1 is 1.24 bits per heavy atom. The second-order valence-electron chi connectivity index (χ2n) is 7.11. The van der Waals surface area contributed by atoms with Crippen LogP contribution in [0.2, 0.25) is 5.02 Å². The molecule has 0 aliphatic carbocycles. The number of piperidine rings is 1. The third-order valence-electron chi connectivity index (χ3n) is 5.04. The van der Waals surface area contributed by atoms with Crippen molar-refractivity contribution in [1.29, 1.82) is 0 Å². The smallest absolute Gasteiger partial charge is 0.362 e. The van der Waals surface area contributed by atoms with E-state index in [1.54, 1.807) is 0 Å². The Hall–Kier alpha value is -1.69. The lowest BCUT2D eigenvalue weighted by molar-refractivity contribution is -0.303. The number of hydrazone groups is 1. The van der Waals surface area contributed by atoms with Crippen molar-refractivity contribution in [3.05, 3.63) is 29.3 Å². The zero-order valence-corrected chi connectivity index (χ0v) is 16.9. The molecule has 2 heterocycles. The summed E-state index contributed by atoms with van der Waals surface area (Å²) in [6.07, 6.45) is -5.84. The number of nitrogens with zero attached hydrogens (tertiary/aromatic N) is 3. The Kier molecular flexibility index (Phi) is 5.71. The van der Waals surface area contributed by atoms with Crippen LogP contribution in [0.3, 0.4) is 0 Å². The number of alkyl halides is 3. The van der Waals surface area contributed by atoms with Crippen molar-refractivity contribution in [2.75, 3.05) is 13.1 Å². The molecule has 0 aromatic heterocycles. The molecule has 160 valence electrons. The molecular weight excluding hydrogens is 435 g/mol. The van der Waals surface area contributed by atoms with Crippen LogP contribution in [0.1, 0.15) is 26.2 Å². The fourth-order valence-corrected chi connectivity index (χ4v) is 5.04. The summed E-state index contributed by atoms with van der Waals surface area (Å²) < 4.78 is 66.5. The normalized spacial score (nSPS) is 24.6. The highest BCUT2D eigenvalue weighted by atomic mass is 35.5. The van der Waals surface area contributed by atoms with Crippen LogP contribution in [0.4, 0.5) is 13.2 Å². The molecule has 2 aliphatic rings. The van der Waals surface area contributed by atoms with Gasteiger partial charge in [-0.05, 0) is 44.0 Å². The van der Waals surface area contributed by atoms with E-state index in [1.807, 2.05) is 0 Å². The molecule has 1 fully saturated rings. The van der Waals surface area contributed by atoms with Gasteiger partial charge in [0.05, 0.1) is 4.90 Å². The van der Waals surface area contributed by atoms with Crippen molar-refractivity contribution in [3.63, 3.8) is 0 Å². The summed E-state index contributed by atoms with van der Waals surface area (Å²) in [6.45, 7) is 1.22. The first-order valence-corrected chi connectivity index (χ1v) is 10.6. The van der Waals surface area contributed by atoms with Crippen LogP contribution in [0.15, 0.2) is 34.3 Å². The van der Waals surface area contributed by atoms with Gasteiger partial charge in [-0.3, -0.25) is 4.79 Å². The topological polar surface area (TPSA) is 90.3 Å². The van der Waals surface area contributed by atoms with Crippen LogP contribution in [0.25, 0.3) is 0 Å². The van der Waals surface area contributed by atoms with E-state index in [0.717, 1.165) is 0 Å². The Morgan fingerprint density at radius 2 is 1.79 bits per heavy atom. The van der Waals surface area contributed by atoms with Gasteiger partial charge in [0, 0.05) is 36.2 Å². The molecule has 1 aromatic rings. The number of carbonyl (C=O) groups is 1. The average molecular weight is 454 g/mol. The second-order valence-corrected chi connectivity index (χ2v) is 9.48. The Balaban J connectivity index is 1.72. The molecule has 7 nitrogen and oxygen atoms in total. The van der Waals surface area contributed by atoms with E-state index in [2.05, 4.69) is 5.10 Å². The zero-order valence-electron chi connectivity index (χ0n) is 15.4. The molecule has 0 radical (unpaired) electrons. The lowest BCUT2D eigenvalue weighted by atomic mass is 9.95. The molecule has 0 bridgehead atoms. The molecule has 0 spiro atoms. The summed E-state index contributed by atoms with van der Waals surface area (Å²) in [5, 5.41) is 14.1. The van der Waals surface area contributed by atoms with Crippen molar-refractivity contribution in [1.82, 2.24) is 9.31 Å². The Labute approximate surface area is 170 Å². The first-order chi connectivity index (χ1) is 13.4. The van der Waals surface area contributed by atoms with Crippen molar-refractivity contribution < 1.29 is 31.5 Å². The number of rotatable bonds is 3. The van der Waals surface area contributed by atoms with E-state index >= 15 is 0 Å². The largest absolute Gasteiger partial charge is 0.438 e. The molecule has 0 saturated carbocycles. The fraction of sp³-hybridized carbons (Fsp3) is 0.529. The van der Waals surface area contributed by atoms with Gasteiger partial charge in [-0.15, -0.1) is 0 Å². The van der Waals surface area contributed by atoms with E-state index in [4.69, 9.17) is 11.6 Å². The average Bonchev–Trinajstić information content (AvgIpc) is 2.97. The fourth-order valence-electron chi connectivity index (χ4n) is 3.44. The summed E-state index contributed by atoms with van der Waals surface area (Å²) in [6, 6.07) is 5.60. The highest BCUT2D eigenvalue weighted by Gasteiger charge is 2.63. The van der Waals surface area contributed by atoms with E-state index in [9.17, 15) is 31.5 Å². The number of aliphatic hydroxyl groups is 1.